The van der Waals surface area contributed by atoms with Gasteiger partial charge in [0.25, 0.3) is 0 Å². The van der Waals surface area contributed by atoms with Crippen molar-refractivity contribution in [3.8, 4) is 0 Å². The molecule has 1 fully saturated rings. The molecule has 1 aromatic carbocycles. The molecule has 1 saturated heterocycles. The second-order valence-electron chi connectivity index (χ2n) is 4.15. The van der Waals surface area contributed by atoms with Gasteiger partial charge in [0.15, 0.2) is 0 Å². The van der Waals surface area contributed by atoms with Crippen molar-refractivity contribution in [1.29, 1.82) is 0 Å². The van der Waals surface area contributed by atoms with Crippen LogP contribution in [0.1, 0.15) is 17.9 Å². The van der Waals surface area contributed by atoms with Gasteiger partial charge in [-0.15, -0.1) is 0 Å². The van der Waals surface area contributed by atoms with Gasteiger partial charge >= 0.3 is 0 Å². The van der Waals surface area contributed by atoms with Gasteiger partial charge in [0.2, 0.25) is 0 Å². The minimum atomic E-state index is 0.508. The van der Waals surface area contributed by atoms with E-state index in [0.717, 1.165) is 24.1 Å². The lowest BCUT2D eigenvalue weighted by Gasteiger charge is -2.21. The average Bonchev–Trinajstić information content (AvgIpc) is 2.75. The topological polar surface area (TPSA) is 38.0 Å². The van der Waals surface area contributed by atoms with Crippen molar-refractivity contribution in [2.45, 2.75) is 12.3 Å². The summed E-state index contributed by atoms with van der Waals surface area (Å²) in [4.78, 5) is 0. The van der Waals surface area contributed by atoms with E-state index in [1.165, 1.54) is 12.0 Å². The molecule has 3 heteroatoms. The summed E-state index contributed by atoms with van der Waals surface area (Å²) in [7, 11) is 0. The fourth-order valence-electron chi connectivity index (χ4n) is 2.33. The molecule has 1 aromatic rings. The highest BCUT2D eigenvalue weighted by molar-refractivity contribution is 9.10. The first-order valence-electron chi connectivity index (χ1n) is 5.47. The van der Waals surface area contributed by atoms with Crippen LogP contribution in [-0.4, -0.2) is 19.6 Å². The number of benzene rings is 1. The van der Waals surface area contributed by atoms with Gasteiger partial charge < -0.3 is 11.1 Å². The Balaban J connectivity index is 2.14. The maximum absolute atomic E-state index is 5.88. The lowest BCUT2D eigenvalue weighted by Crippen LogP contribution is -2.23. The average molecular weight is 269 g/mol. The van der Waals surface area contributed by atoms with E-state index >= 15 is 0 Å². The van der Waals surface area contributed by atoms with E-state index in [-0.39, 0.29) is 0 Å². The van der Waals surface area contributed by atoms with Gasteiger partial charge in [-0.1, -0.05) is 28.1 Å². The molecule has 0 amide bonds. The highest BCUT2D eigenvalue weighted by atomic mass is 79.9. The molecule has 0 aromatic heterocycles. The molecule has 2 rings (SSSR count). The third kappa shape index (κ3) is 2.60. The summed E-state index contributed by atoms with van der Waals surface area (Å²) in [6.07, 6.45) is 1.25. The van der Waals surface area contributed by atoms with Crippen LogP contribution in [0.25, 0.3) is 0 Å². The highest BCUT2D eigenvalue weighted by Crippen LogP contribution is 2.28. The first kappa shape index (κ1) is 11.1. The van der Waals surface area contributed by atoms with Crippen molar-refractivity contribution >= 4 is 15.9 Å². The van der Waals surface area contributed by atoms with E-state index in [2.05, 4.69) is 45.5 Å². The van der Waals surface area contributed by atoms with Crippen molar-refractivity contribution in [1.82, 2.24) is 5.32 Å². The number of nitrogens with two attached hydrogens (primary N) is 1. The quantitative estimate of drug-likeness (QED) is 0.882. The van der Waals surface area contributed by atoms with E-state index in [9.17, 15) is 0 Å². The Bertz CT molecular complexity index is 304. The molecule has 15 heavy (non-hydrogen) atoms. The number of hydrogen-bond acceptors (Lipinski definition) is 2. The number of hydrogen-bond donors (Lipinski definition) is 2. The molecule has 1 heterocycles. The van der Waals surface area contributed by atoms with Gasteiger partial charge in [-0.2, -0.15) is 0 Å². The van der Waals surface area contributed by atoms with E-state index in [0.29, 0.717) is 11.8 Å². The first-order valence-corrected chi connectivity index (χ1v) is 6.27. The lowest BCUT2D eigenvalue weighted by atomic mass is 9.85. The maximum Gasteiger partial charge on any atom is 0.0175 e. The molecule has 1 aliphatic heterocycles. The minimum Gasteiger partial charge on any atom is -0.330 e. The summed E-state index contributed by atoms with van der Waals surface area (Å²) in [6.45, 7) is 2.99. The molecule has 2 atom stereocenters. The standard InChI is InChI=1S/C12H17BrN2/c13-11-3-1-9(2-4-11)12(7-14)10-5-6-15-8-10/h1-4,10,12,15H,5-8,14H2. The summed E-state index contributed by atoms with van der Waals surface area (Å²) >= 11 is 3.46. The van der Waals surface area contributed by atoms with E-state index in [1.807, 2.05) is 0 Å². The zero-order chi connectivity index (χ0) is 10.7. The molecule has 0 spiro atoms. The predicted octanol–water partition coefficient (Wildman–Crippen LogP) is 2.10. The number of rotatable bonds is 3. The molecule has 82 valence electrons. The largest absolute Gasteiger partial charge is 0.330 e. The molecule has 0 aliphatic carbocycles. The number of nitrogens with one attached hydrogen (secondary N) is 1. The second-order valence-corrected chi connectivity index (χ2v) is 5.06. The van der Waals surface area contributed by atoms with Crippen LogP contribution in [0.3, 0.4) is 0 Å². The van der Waals surface area contributed by atoms with Gasteiger partial charge in [-0.05, 0) is 49.7 Å². The predicted molar refractivity (Wildman–Crippen MR) is 66.9 cm³/mol. The fraction of sp³-hybridized carbons (Fsp3) is 0.500. The van der Waals surface area contributed by atoms with Crippen molar-refractivity contribution in [2.24, 2.45) is 11.7 Å². The van der Waals surface area contributed by atoms with Gasteiger partial charge in [-0.25, -0.2) is 0 Å². The molecule has 3 N–H and O–H groups in total. The summed E-state index contributed by atoms with van der Waals surface area (Å²) in [5.74, 6) is 1.21. The van der Waals surface area contributed by atoms with Crippen molar-refractivity contribution in [2.75, 3.05) is 19.6 Å². The van der Waals surface area contributed by atoms with Crippen molar-refractivity contribution in [3.05, 3.63) is 34.3 Å². The molecule has 0 saturated carbocycles. The van der Waals surface area contributed by atoms with Crippen LogP contribution < -0.4 is 11.1 Å². The Morgan fingerprint density at radius 1 is 1.40 bits per heavy atom. The molecular formula is C12H17BrN2. The molecule has 0 radical (unpaired) electrons. The molecule has 1 aliphatic rings. The molecule has 0 bridgehead atoms. The van der Waals surface area contributed by atoms with Gasteiger partial charge in [0.1, 0.15) is 0 Å². The molecule has 2 nitrogen and oxygen atoms in total. The Morgan fingerprint density at radius 3 is 2.67 bits per heavy atom. The van der Waals surface area contributed by atoms with Crippen LogP contribution in [0.15, 0.2) is 28.7 Å². The van der Waals surface area contributed by atoms with E-state index in [1.54, 1.807) is 0 Å². The van der Waals surface area contributed by atoms with Crippen LogP contribution in [0.5, 0.6) is 0 Å². The minimum absolute atomic E-state index is 0.508. The number of halogens is 1. The van der Waals surface area contributed by atoms with Crippen LogP contribution in [0.4, 0.5) is 0 Å². The normalized spacial score (nSPS) is 22.9. The van der Waals surface area contributed by atoms with Crippen LogP contribution in [0.2, 0.25) is 0 Å². The highest BCUT2D eigenvalue weighted by Gasteiger charge is 2.24. The first-order chi connectivity index (χ1) is 7.31. The monoisotopic (exact) mass is 268 g/mol. The van der Waals surface area contributed by atoms with E-state index in [4.69, 9.17) is 5.73 Å². The van der Waals surface area contributed by atoms with Crippen LogP contribution in [0, 0.1) is 5.92 Å². The summed E-state index contributed by atoms with van der Waals surface area (Å²) in [5, 5.41) is 3.40. The van der Waals surface area contributed by atoms with Crippen molar-refractivity contribution in [3.63, 3.8) is 0 Å². The lowest BCUT2D eigenvalue weighted by molar-refractivity contribution is 0.464. The third-order valence-corrected chi connectivity index (χ3v) is 3.75. The van der Waals surface area contributed by atoms with Gasteiger partial charge in [0, 0.05) is 10.4 Å². The van der Waals surface area contributed by atoms with Gasteiger partial charge in [0.05, 0.1) is 0 Å². The summed E-state index contributed by atoms with van der Waals surface area (Å²) in [6, 6.07) is 8.56. The van der Waals surface area contributed by atoms with Crippen LogP contribution in [-0.2, 0) is 0 Å². The zero-order valence-electron chi connectivity index (χ0n) is 8.75. The Kier molecular flexibility index (Phi) is 3.78. The molecule has 2 unspecified atom stereocenters. The fourth-order valence-corrected chi connectivity index (χ4v) is 2.60. The SMILES string of the molecule is NCC(c1ccc(Br)cc1)C1CCNC1. The maximum atomic E-state index is 5.88. The zero-order valence-corrected chi connectivity index (χ0v) is 10.3. The van der Waals surface area contributed by atoms with Crippen LogP contribution >= 0.6 is 15.9 Å². The third-order valence-electron chi connectivity index (χ3n) is 3.22. The Labute approximate surface area is 99.4 Å². The van der Waals surface area contributed by atoms with Crippen molar-refractivity contribution < 1.29 is 0 Å². The Morgan fingerprint density at radius 2 is 2.13 bits per heavy atom. The second kappa shape index (κ2) is 5.10. The Hall–Kier alpha value is -0.380. The molecular weight excluding hydrogens is 252 g/mol. The van der Waals surface area contributed by atoms with E-state index < -0.39 is 0 Å². The van der Waals surface area contributed by atoms with Gasteiger partial charge in [-0.3, -0.25) is 0 Å². The summed E-state index contributed by atoms with van der Waals surface area (Å²) in [5.41, 5.74) is 7.25. The summed E-state index contributed by atoms with van der Waals surface area (Å²) < 4.78 is 1.13. The smallest absolute Gasteiger partial charge is 0.0175 e.